The predicted octanol–water partition coefficient (Wildman–Crippen LogP) is -0.0963. The van der Waals surface area contributed by atoms with Gasteiger partial charge in [-0.1, -0.05) is 12.8 Å². The Bertz CT molecular complexity index is 812. The Morgan fingerprint density at radius 2 is 1.92 bits per heavy atom. The summed E-state index contributed by atoms with van der Waals surface area (Å²) in [5.41, 5.74) is 7.27. The van der Waals surface area contributed by atoms with Gasteiger partial charge in [-0.15, -0.1) is 0 Å². The number of anilines is 1. The quantitative estimate of drug-likeness (QED) is 0.694. The third-order valence-electron chi connectivity index (χ3n) is 6.22. The molecule has 1 saturated carbocycles. The summed E-state index contributed by atoms with van der Waals surface area (Å²) in [6.45, 7) is 2.76. The predicted molar refractivity (Wildman–Crippen MR) is 93.0 cm³/mol. The molecule has 4 N–H and O–H groups in total. The lowest BCUT2D eigenvalue weighted by Gasteiger charge is -2.49. The molecular formula is C17H24N6O3. The molecule has 5 rings (SSSR count). The van der Waals surface area contributed by atoms with Gasteiger partial charge in [0.25, 0.3) is 0 Å². The first kappa shape index (κ1) is 16.4. The molecule has 0 bridgehead atoms. The number of aliphatic hydroxyl groups excluding tert-OH is 2. The van der Waals surface area contributed by atoms with Crippen LogP contribution in [0.1, 0.15) is 31.9 Å². The van der Waals surface area contributed by atoms with Crippen molar-refractivity contribution in [2.45, 2.75) is 50.2 Å². The molecule has 9 nitrogen and oxygen atoms in total. The molecule has 2 aromatic rings. The van der Waals surface area contributed by atoms with Crippen molar-refractivity contribution in [1.82, 2.24) is 24.4 Å². The molecule has 2 aliphatic heterocycles. The number of imidazole rings is 1. The number of ether oxygens (including phenoxy) is 1. The smallest absolute Gasteiger partial charge is 0.167 e. The van der Waals surface area contributed by atoms with Crippen LogP contribution in [0.25, 0.3) is 11.2 Å². The van der Waals surface area contributed by atoms with Gasteiger partial charge in [0.15, 0.2) is 17.7 Å². The number of rotatable bonds is 3. The summed E-state index contributed by atoms with van der Waals surface area (Å²) in [5, 5.41) is 21.0. The van der Waals surface area contributed by atoms with E-state index in [1.165, 1.54) is 38.3 Å². The largest absolute Gasteiger partial charge is 0.387 e. The molecular weight excluding hydrogens is 336 g/mol. The van der Waals surface area contributed by atoms with E-state index in [4.69, 9.17) is 10.5 Å². The maximum Gasteiger partial charge on any atom is 0.167 e. The van der Waals surface area contributed by atoms with Crippen LogP contribution in [0.2, 0.25) is 0 Å². The lowest BCUT2D eigenvalue weighted by Crippen LogP contribution is -2.57. The van der Waals surface area contributed by atoms with Crippen LogP contribution in [0.5, 0.6) is 0 Å². The molecule has 26 heavy (non-hydrogen) atoms. The average Bonchev–Trinajstić information content (AvgIpc) is 3.29. The van der Waals surface area contributed by atoms with Crippen LogP contribution in [-0.4, -0.2) is 72.6 Å². The van der Waals surface area contributed by atoms with E-state index in [0.717, 1.165) is 13.1 Å². The molecule has 3 fully saturated rings. The van der Waals surface area contributed by atoms with E-state index < -0.39 is 24.5 Å². The van der Waals surface area contributed by atoms with Gasteiger partial charge in [0.05, 0.1) is 6.33 Å². The van der Waals surface area contributed by atoms with Crippen LogP contribution in [0, 0.1) is 5.41 Å². The van der Waals surface area contributed by atoms with Gasteiger partial charge in [0, 0.05) is 19.6 Å². The zero-order valence-electron chi connectivity index (χ0n) is 14.5. The number of hydrogen-bond donors (Lipinski definition) is 3. The molecule has 0 unspecified atom stereocenters. The van der Waals surface area contributed by atoms with Crippen molar-refractivity contribution in [1.29, 1.82) is 0 Å². The van der Waals surface area contributed by atoms with Gasteiger partial charge in [-0.3, -0.25) is 9.47 Å². The monoisotopic (exact) mass is 360 g/mol. The van der Waals surface area contributed by atoms with Crippen molar-refractivity contribution in [3.05, 3.63) is 12.7 Å². The van der Waals surface area contributed by atoms with Crippen molar-refractivity contribution in [2.75, 3.05) is 25.4 Å². The van der Waals surface area contributed by atoms with Crippen molar-refractivity contribution in [2.24, 2.45) is 5.41 Å². The molecule has 1 spiro atoms. The first-order valence-corrected chi connectivity index (χ1v) is 9.23. The second-order valence-electron chi connectivity index (χ2n) is 8.01. The van der Waals surface area contributed by atoms with Gasteiger partial charge in [-0.2, -0.15) is 0 Å². The SMILES string of the molecule is Nc1ncnc2c1ncn2[C@@H]1O[C@H](CN2CC3(CCCC3)C2)[C@@H](O)[C@H]1O. The minimum absolute atomic E-state index is 0.278. The van der Waals surface area contributed by atoms with Crippen LogP contribution in [-0.2, 0) is 4.74 Å². The summed E-state index contributed by atoms with van der Waals surface area (Å²) in [5.74, 6) is 0.278. The normalized spacial score (nSPS) is 33.9. The molecule has 1 aliphatic carbocycles. The Labute approximate surface area is 150 Å². The van der Waals surface area contributed by atoms with Gasteiger partial charge in [-0.25, -0.2) is 15.0 Å². The number of nitrogens with two attached hydrogens (primary N) is 1. The van der Waals surface area contributed by atoms with E-state index >= 15 is 0 Å². The van der Waals surface area contributed by atoms with E-state index in [2.05, 4.69) is 19.9 Å². The third kappa shape index (κ3) is 2.42. The van der Waals surface area contributed by atoms with Gasteiger partial charge in [-0.05, 0) is 18.3 Å². The molecule has 140 valence electrons. The lowest BCUT2D eigenvalue weighted by molar-refractivity contribution is -0.0747. The Balaban J connectivity index is 1.31. The molecule has 4 heterocycles. The van der Waals surface area contributed by atoms with Crippen molar-refractivity contribution >= 4 is 17.0 Å². The summed E-state index contributed by atoms with van der Waals surface area (Å²) in [4.78, 5) is 14.6. The fourth-order valence-electron chi connectivity index (χ4n) is 4.89. The topological polar surface area (TPSA) is 123 Å². The van der Waals surface area contributed by atoms with Gasteiger partial charge in [0.2, 0.25) is 0 Å². The fraction of sp³-hybridized carbons (Fsp3) is 0.706. The standard InChI is InChI=1S/C17H24N6O3/c18-14-11-15(20-8-19-14)23(9-21-11)16-13(25)12(24)10(26-16)5-22-6-17(7-22)3-1-2-4-17/h8-10,12-13,16,24-25H,1-7H2,(H2,18,19,20)/t10-,12-,13-,16-/m1/s1. The summed E-state index contributed by atoms with van der Waals surface area (Å²) in [7, 11) is 0. The van der Waals surface area contributed by atoms with E-state index in [1.54, 1.807) is 4.57 Å². The van der Waals surface area contributed by atoms with Gasteiger partial charge < -0.3 is 20.7 Å². The molecule has 0 radical (unpaired) electrons. The molecule has 2 aromatic heterocycles. The van der Waals surface area contributed by atoms with E-state index in [0.29, 0.717) is 23.1 Å². The summed E-state index contributed by atoms with van der Waals surface area (Å²) < 4.78 is 7.64. The number of likely N-dealkylation sites (tertiary alicyclic amines) is 1. The number of nitrogens with zero attached hydrogens (tertiary/aromatic N) is 5. The van der Waals surface area contributed by atoms with Gasteiger partial charge in [0.1, 0.15) is 30.2 Å². The van der Waals surface area contributed by atoms with E-state index in [9.17, 15) is 10.2 Å². The first-order valence-electron chi connectivity index (χ1n) is 9.23. The zero-order valence-corrected chi connectivity index (χ0v) is 14.5. The maximum atomic E-state index is 10.5. The average molecular weight is 360 g/mol. The second kappa shape index (κ2) is 5.85. The number of hydrogen-bond acceptors (Lipinski definition) is 8. The minimum atomic E-state index is -1.05. The second-order valence-corrected chi connectivity index (χ2v) is 8.01. The van der Waals surface area contributed by atoms with Crippen LogP contribution < -0.4 is 5.73 Å². The highest BCUT2D eigenvalue weighted by molar-refractivity contribution is 5.81. The Hall–Kier alpha value is -1.81. The van der Waals surface area contributed by atoms with Crippen molar-refractivity contribution in [3.63, 3.8) is 0 Å². The molecule has 9 heteroatoms. The number of aromatic nitrogens is 4. The van der Waals surface area contributed by atoms with Crippen molar-refractivity contribution in [3.8, 4) is 0 Å². The Kier molecular flexibility index (Phi) is 3.68. The molecule has 0 aromatic carbocycles. The fourth-order valence-corrected chi connectivity index (χ4v) is 4.89. The third-order valence-corrected chi connectivity index (χ3v) is 6.22. The Morgan fingerprint density at radius 1 is 1.15 bits per heavy atom. The number of fused-ring (bicyclic) bond motifs is 1. The zero-order chi connectivity index (χ0) is 17.9. The number of aliphatic hydroxyl groups is 2. The Morgan fingerprint density at radius 3 is 2.69 bits per heavy atom. The van der Waals surface area contributed by atoms with Crippen LogP contribution >= 0.6 is 0 Å². The first-order chi connectivity index (χ1) is 12.6. The van der Waals surface area contributed by atoms with Gasteiger partial charge >= 0.3 is 0 Å². The minimum Gasteiger partial charge on any atom is -0.387 e. The summed E-state index contributed by atoms with van der Waals surface area (Å²) >= 11 is 0. The molecule has 0 amide bonds. The highest BCUT2D eigenvalue weighted by atomic mass is 16.6. The molecule has 2 saturated heterocycles. The highest BCUT2D eigenvalue weighted by Gasteiger charge is 2.49. The molecule has 4 atom stereocenters. The van der Waals surface area contributed by atoms with Crippen LogP contribution in [0.15, 0.2) is 12.7 Å². The van der Waals surface area contributed by atoms with Crippen LogP contribution in [0.4, 0.5) is 5.82 Å². The maximum absolute atomic E-state index is 10.5. The van der Waals surface area contributed by atoms with Crippen LogP contribution in [0.3, 0.4) is 0 Å². The lowest BCUT2D eigenvalue weighted by atomic mass is 9.78. The number of nitrogen functional groups attached to an aromatic ring is 1. The van der Waals surface area contributed by atoms with E-state index in [1.807, 2.05) is 0 Å². The summed E-state index contributed by atoms with van der Waals surface area (Å²) in [6, 6.07) is 0. The summed E-state index contributed by atoms with van der Waals surface area (Å²) in [6.07, 6.45) is 4.98. The molecule has 3 aliphatic rings. The van der Waals surface area contributed by atoms with E-state index in [-0.39, 0.29) is 5.82 Å². The van der Waals surface area contributed by atoms with Crippen molar-refractivity contribution < 1.29 is 14.9 Å². The highest BCUT2D eigenvalue weighted by Crippen LogP contribution is 2.46.